The molecule has 2 fully saturated rings. The summed E-state index contributed by atoms with van der Waals surface area (Å²) in [6, 6.07) is 5.57. The summed E-state index contributed by atoms with van der Waals surface area (Å²) in [5, 5.41) is 3.80. The number of amides is 1. The Bertz CT molecular complexity index is 697. The predicted molar refractivity (Wildman–Crippen MR) is 84.4 cm³/mol. The Morgan fingerprint density at radius 2 is 2.29 bits per heavy atom. The molecule has 4 heterocycles. The van der Waals surface area contributed by atoms with Crippen LogP contribution >= 0.6 is 0 Å². The van der Waals surface area contributed by atoms with E-state index in [-0.39, 0.29) is 12.0 Å². The van der Waals surface area contributed by atoms with Crippen molar-refractivity contribution in [1.29, 1.82) is 0 Å². The highest BCUT2D eigenvalue weighted by molar-refractivity contribution is 5.91. The molecule has 24 heavy (non-hydrogen) atoms. The van der Waals surface area contributed by atoms with Crippen LogP contribution in [0.25, 0.3) is 0 Å². The quantitative estimate of drug-likeness (QED) is 0.850. The third-order valence-corrected chi connectivity index (χ3v) is 4.70. The maximum atomic E-state index is 12.5. The van der Waals surface area contributed by atoms with E-state index in [9.17, 15) is 4.79 Å². The molecule has 128 valence electrons. The Kier molecular flexibility index (Phi) is 4.12. The van der Waals surface area contributed by atoms with Crippen LogP contribution in [0, 0.1) is 12.8 Å². The van der Waals surface area contributed by atoms with Crippen molar-refractivity contribution in [3.8, 4) is 0 Å². The van der Waals surface area contributed by atoms with Gasteiger partial charge in [-0.05, 0) is 19.1 Å². The maximum Gasteiger partial charge on any atom is 0.292 e. The monoisotopic (exact) mass is 331 g/mol. The average Bonchev–Trinajstić information content (AvgIpc) is 3.28. The average molecular weight is 331 g/mol. The van der Waals surface area contributed by atoms with Gasteiger partial charge < -0.3 is 18.6 Å². The molecule has 7 heteroatoms. The summed E-state index contributed by atoms with van der Waals surface area (Å²) < 4.78 is 16.5. The molecule has 2 saturated heterocycles. The van der Waals surface area contributed by atoms with Gasteiger partial charge in [-0.3, -0.25) is 9.69 Å². The number of aromatic nitrogens is 1. The van der Waals surface area contributed by atoms with Crippen LogP contribution < -0.4 is 0 Å². The lowest BCUT2D eigenvalue weighted by atomic mass is 10.1. The summed E-state index contributed by atoms with van der Waals surface area (Å²) in [6.07, 6.45) is 1.78. The summed E-state index contributed by atoms with van der Waals surface area (Å²) in [6.45, 7) is 6.31. The molecule has 2 aliphatic rings. The van der Waals surface area contributed by atoms with Crippen molar-refractivity contribution in [2.45, 2.75) is 19.6 Å². The van der Waals surface area contributed by atoms with E-state index in [1.54, 1.807) is 12.3 Å². The van der Waals surface area contributed by atoms with Crippen LogP contribution in [0.4, 0.5) is 0 Å². The molecule has 2 atom stereocenters. The molecule has 0 bridgehead atoms. The number of hydrogen-bond donors (Lipinski definition) is 0. The number of hydrogen-bond acceptors (Lipinski definition) is 6. The summed E-state index contributed by atoms with van der Waals surface area (Å²) >= 11 is 0. The Hall–Kier alpha value is -2.12. The largest absolute Gasteiger partial charge is 0.468 e. The van der Waals surface area contributed by atoms with Crippen LogP contribution in [0.2, 0.25) is 0 Å². The molecule has 0 unspecified atom stereocenters. The van der Waals surface area contributed by atoms with E-state index in [4.69, 9.17) is 13.7 Å². The zero-order valence-corrected chi connectivity index (χ0v) is 13.7. The first-order valence-corrected chi connectivity index (χ1v) is 8.28. The van der Waals surface area contributed by atoms with Crippen LogP contribution in [0.3, 0.4) is 0 Å². The lowest BCUT2D eigenvalue weighted by Gasteiger charge is -2.22. The van der Waals surface area contributed by atoms with Gasteiger partial charge in [0.2, 0.25) is 5.76 Å². The van der Waals surface area contributed by atoms with Crippen molar-refractivity contribution in [3.05, 3.63) is 41.7 Å². The van der Waals surface area contributed by atoms with Crippen molar-refractivity contribution < 1.29 is 18.5 Å². The number of likely N-dealkylation sites (tertiary alicyclic amines) is 1. The van der Waals surface area contributed by atoms with E-state index in [1.165, 1.54) is 0 Å². The van der Waals surface area contributed by atoms with Gasteiger partial charge in [0, 0.05) is 38.2 Å². The van der Waals surface area contributed by atoms with Crippen molar-refractivity contribution in [3.63, 3.8) is 0 Å². The van der Waals surface area contributed by atoms with Gasteiger partial charge in [-0.1, -0.05) is 5.16 Å². The number of furan rings is 1. The van der Waals surface area contributed by atoms with Crippen LogP contribution in [-0.4, -0.2) is 59.8 Å². The molecular formula is C17H21N3O4. The SMILES string of the molecule is Cc1cc(C(=O)N2C[C@H]3CN(Cc4ccco4)CCO[C@H]3C2)on1. The molecule has 0 saturated carbocycles. The van der Waals surface area contributed by atoms with Crippen LogP contribution in [0.5, 0.6) is 0 Å². The van der Waals surface area contributed by atoms with Gasteiger partial charge >= 0.3 is 0 Å². The van der Waals surface area contributed by atoms with E-state index in [0.717, 1.165) is 25.4 Å². The van der Waals surface area contributed by atoms with Crippen molar-refractivity contribution >= 4 is 5.91 Å². The molecule has 7 nitrogen and oxygen atoms in total. The molecular weight excluding hydrogens is 310 g/mol. The standard InChI is InChI=1S/C17H21N3O4/c1-12-7-15(24-18-12)17(21)20-9-13-8-19(4-6-23-16(13)11-20)10-14-3-2-5-22-14/h2-3,5,7,13,16H,4,6,8-11H2,1H3/t13-,16+/m1/s1. The van der Waals surface area contributed by atoms with Gasteiger partial charge in [0.15, 0.2) is 0 Å². The summed E-state index contributed by atoms with van der Waals surface area (Å²) in [5.41, 5.74) is 0.715. The molecule has 0 aromatic carbocycles. The number of fused-ring (bicyclic) bond motifs is 1. The minimum absolute atomic E-state index is 0.0829. The first-order chi connectivity index (χ1) is 11.7. The van der Waals surface area contributed by atoms with Gasteiger partial charge in [0.25, 0.3) is 5.91 Å². The molecule has 4 rings (SSSR count). The van der Waals surface area contributed by atoms with Gasteiger partial charge in [-0.25, -0.2) is 0 Å². The highest BCUT2D eigenvalue weighted by Gasteiger charge is 2.39. The highest BCUT2D eigenvalue weighted by atomic mass is 16.5. The van der Waals surface area contributed by atoms with E-state index < -0.39 is 0 Å². The number of carbonyl (C=O) groups excluding carboxylic acids is 1. The van der Waals surface area contributed by atoms with Gasteiger partial charge in [0.1, 0.15) is 5.76 Å². The summed E-state index contributed by atoms with van der Waals surface area (Å²) in [7, 11) is 0. The van der Waals surface area contributed by atoms with E-state index in [1.807, 2.05) is 24.0 Å². The lowest BCUT2D eigenvalue weighted by molar-refractivity contribution is 0.0473. The Morgan fingerprint density at radius 1 is 1.38 bits per heavy atom. The van der Waals surface area contributed by atoms with E-state index in [0.29, 0.717) is 37.1 Å². The number of carbonyl (C=O) groups is 1. The summed E-state index contributed by atoms with van der Waals surface area (Å²) in [5.74, 6) is 1.45. The van der Waals surface area contributed by atoms with Gasteiger partial charge in [-0.2, -0.15) is 0 Å². The highest BCUT2D eigenvalue weighted by Crippen LogP contribution is 2.26. The van der Waals surface area contributed by atoms with E-state index in [2.05, 4.69) is 10.1 Å². The first kappa shape index (κ1) is 15.4. The minimum atomic E-state index is -0.107. The molecule has 2 aromatic rings. The van der Waals surface area contributed by atoms with Gasteiger partial charge in [0.05, 0.1) is 31.2 Å². The third-order valence-electron chi connectivity index (χ3n) is 4.70. The summed E-state index contributed by atoms with van der Waals surface area (Å²) in [4.78, 5) is 16.7. The maximum absolute atomic E-state index is 12.5. The lowest BCUT2D eigenvalue weighted by Crippen LogP contribution is -2.33. The topological polar surface area (TPSA) is 72.0 Å². The zero-order chi connectivity index (χ0) is 16.5. The molecule has 0 N–H and O–H groups in total. The predicted octanol–water partition coefficient (Wildman–Crippen LogP) is 1.55. The Morgan fingerprint density at radius 3 is 3.04 bits per heavy atom. The molecule has 1 amide bonds. The van der Waals surface area contributed by atoms with Crippen molar-refractivity contribution in [1.82, 2.24) is 15.0 Å². The molecule has 0 aliphatic carbocycles. The fraction of sp³-hybridized carbons (Fsp3) is 0.529. The van der Waals surface area contributed by atoms with Crippen molar-refractivity contribution in [2.24, 2.45) is 5.92 Å². The second-order valence-electron chi connectivity index (χ2n) is 6.53. The Balaban J connectivity index is 1.41. The zero-order valence-electron chi connectivity index (χ0n) is 13.7. The van der Waals surface area contributed by atoms with Crippen LogP contribution in [0.15, 0.2) is 33.4 Å². The molecule has 0 radical (unpaired) electrons. The molecule has 2 aromatic heterocycles. The fourth-order valence-corrected chi connectivity index (χ4v) is 3.51. The van der Waals surface area contributed by atoms with Crippen LogP contribution in [-0.2, 0) is 11.3 Å². The third kappa shape index (κ3) is 3.09. The first-order valence-electron chi connectivity index (χ1n) is 8.28. The smallest absolute Gasteiger partial charge is 0.292 e. The molecule has 0 spiro atoms. The fourth-order valence-electron chi connectivity index (χ4n) is 3.51. The number of nitrogens with zero attached hydrogens (tertiary/aromatic N) is 3. The number of aryl methyl sites for hydroxylation is 1. The Labute approximate surface area is 140 Å². The second kappa shape index (κ2) is 6.41. The second-order valence-corrected chi connectivity index (χ2v) is 6.53. The minimum Gasteiger partial charge on any atom is -0.468 e. The van der Waals surface area contributed by atoms with E-state index >= 15 is 0 Å². The molecule has 2 aliphatic heterocycles. The number of rotatable bonds is 3. The van der Waals surface area contributed by atoms with Crippen molar-refractivity contribution in [2.75, 3.05) is 32.8 Å². The normalized spacial score (nSPS) is 24.8. The van der Waals surface area contributed by atoms with Gasteiger partial charge in [-0.15, -0.1) is 0 Å². The number of ether oxygens (including phenoxy) is 1. The van der Waals surface area contributed by atoms with Crippen LogP contribution in [0.1, 0.15) is 22.0 Å².